The Balaban J connectivity index is 2.23. The summed E-state index contributed by atoms with van der Waals surface area (Å²) in [5, 5.41) is 0.193. The van der Waals surface area contributed by atoms with E-state index in [1.54, 1.807) is 12.1 Å². The molecule has 0 saturated heterocycles. The van der Waals surface area contributed by atoms with E-state index in [4.69, 9.17) is 6.57 Å². The lowest BCUT2D eigenvalue weighted by molar-refractivity contribution is -0.136. The molecule has 1 aromatic carbocycles. The normalized spacial score (nSPS) is 11.6. The molecule has 0 unspecified atom stereocenters. The van der Waals surface area contributed by atoms with Gasteiger partial charge in [-0.2, -0.15) is 13.2 Å². The maximum atomic E-state index is 13.3. The van der Waals surface area contributed by atoms with Gasteiger partial charge in [-0.05, 0) is 24.1 Å². The van der Waals surface area contributed by atoms with Crippen LogP contribution in [0.25, 0.3) is 26.3 Å². The zero-order valence-corrected chi connectivity index (χ0v) is 12.9. The van der Waals surface area contributed by atoms with Crippen LogP contribution < -0.4 is 0 Å². The Bertz CT molecular complexity index is 902. The second-order valence-electron chi connectivity index (χ2n) is 5.02. The number of thiophene rings is 1. The highest BCUT2D eigenvalue weighted by Crippen LogP contribution is 2.41. The van der Waals surface area contributed by atoms with Crippen molar-refractivity contribution in [2.45, 2.75) is 19.5 Å². The first kappa shape index (κ1) is 15.5. The van der Waals surface area contributed by atoms with Gasteiger partial charge in [0.05, 0.1) is 17.8 Å². The first-order valence-corrected chi connectivity index (χ1v) is 7.72. The number of alkyl halides is 3. The molecule has 0 N–H and O–H groups in total. The molecule has 2 heterocycles. The smallest absolute Gasteiger partial charge is 0.238 e. The molecule has 0 aliphatic carbocycles. The van der Waals surface area contributed by atoms with Crippen molar-refractivity contribution in [2.24, 2.45) is 0 Å². The molecular formula is C17H11F3N2S. The number of halogens is 3. The summed E-state index contributed by atoms with van der Waals surface area (Å²) in [5.41, 5.74) is 1.26. The molecule has 0 fully saturated rings. The summed E-state index contributed by atoms with van der Waals surface area (Å²) >= 11 is 0.979. The number of hydrogen-bond donors (Lipinski definition) is 0. The fourth-order valence-electron chi connectivity index (χ4n) is 2.35. The summed E-state index contributed by atoms with van der Waals surface area (Å²) in [6.07, 6.45) is -3.63. The molecule has 2 nitrogen and oxygen atoms in total. The molecule has 2 aromatic heterocycles. The van der Waals surface area contributed by atoms with Gasteiger partial charge in [-0.15, -0.1) is 11.3 Å². The number of nitrogens with zero attached hydrogens (tertiary/aromatic N) is 2. The summed E-state index contributed by atoms with van der Waals surface area (Å²) in [7, 11) is 0. The fraction of sp³-hybridized carbons (Fsp3) is 0.176. The number of aromatic nitrogens is 1. The lowest BCUT2D eigenvalue weighted by Crippen LogP contribution is -2.06. The van der Waals surface area contributed by atoms with Gasteiger partial charge >= 0.3 is 6.18 Å². The average molecular weight is 332 g/mol. The third-order valence-corrected chi connectivity index (χ3v) is 4.49. The summed E-state index contributed by atoms with van der Waals surface area (Å²) < 4.78 is 40.0. The molecular weight excluding hydrogens is 321 g/mol. The number of benzene rings is 1. The quantitative estimate of drug-likeness (QED) is 0.519. The molecule has 3 rings (SSSR count). The fourth-order valence-corrected chi connectivity index (χ4v) is 3.19. The standard InChI is InChI=1S/C17H11F3N2S/c1-3-10-4-6-11(7-5-10)14-9-13(17(18,19)20)12-8-15(21-2)23-16(12)22-14/h4-9H,3H2,1H3. The van der Waals surface area contributed by atoms with E-state index >= 15 is 0 Å². The van der Waals surface area contributed by atoms with Crippen molar-refractivity contribution in [1.82, 2.24) is 4.98 Å². The molecule has 0 atom stereocenters. The molecule has 0 saturated carbocycles. The van der Waals surface area contributed by atoms with E-state index < -0.39 is 11.7 Å². The van der Waals surface area contributed by atoms with Crippen molar-refractivity contribution in [3.63, 3.8) is 0 Å². The highest BCUT2D eigenvalue weighted by Gasteiger charge is 2.34. The maximum absolute atomic E-state index is 13.3. The number of rotatable bonds is 2. The van der Waals surface area contributed by atoms with Crippen molar-refractivity contribution < 1.29 is 13.2 Å². The molecule has 0 radical (unpaired) electrons. The van der Waals surface area contributed by atoms with Crippen LogP contribution in [0.2, 0.25) is 0 Å². The Kier molecular flexibility index (Phi) is 3.82. The van der Waals surface area contributed by atoms with E-state index in [1.165, 1.54) is 6.07 Å². The molecule has 0 bridgehead atoms. The molecule has 6 heteroatoms. The van der Waals surface area contributed by atoms with Gasteiger partial charge in [-0.1, -0.05) is 31.2 Å². The van der Waals surface area contributed by atoms with Gasteiger partial charge in [-0.3, -0.25) is 0 Å². The summed E-state index contributed by atoms with van der Waals surface area (Å²) in [5.74, 6) is 0. The SMILES string of the molecule is [C-]#[N+]c1cc2c(C(F)(F)F)cc(-c3ccc(CC)cc3)nc2s1. The molecule has 116 valence electrons. The van der Waals surface area contributed by atoms with Crippen LogP contribution >= 0.6 is 11.3 Å². The number of pyridine rings is 1. The van der Waals surface area contributed by atoms with Gasteiger partial charge in [0.25, 0.3) is 0 Å². The van der Waals surface area contributed by atoms with Gasteiger partial charge in [0.15, 0.2) is 0 Å². The molecule has 0 spiro atoms. The number of aryl methyl sites for hydroxylation is 1. The topological polar surface area (TPSA) is 17.2 Å². The third kappa shape index (κ3) is 2.92. The van der Waals surface area contributed by atoms with E-state index in [1.807, 2.05) is 19.1 Å². The Labute approximate surface area is 135 Å². The van der Waals surface area contributed by atoms with Gasteiger partial charge in [0, 0.05) is 10.9 Å². The van der Waals surface area contributed by atoms with E-state index in [9.17, 15) is 13.2 Å². The molecule has 3 aromatic rings. The van der Waals surface area contributed by atoms with E-state index in [0.717, 1.165) is 29.4 Å². The third-order valence-electron chi connectivity index (χ3n) is 3.57. The van der Waals surface area contributed by atoms with Gasteiger partial charge in [0.2, 0.25) is 5.00 Å². The Morgan fingerprint density at radius 3 is 2.43 bits per heavy atom. The van der Waals surface area contributed by atoms with Crippen LogP contribution in [0.15, 0.2) is 36.4 Å². The summed E-state index contributed by atoms with van der Waals surface area (Å²) in [4.78, 5) is 7.77. The van der Waals surface area contributed by atoms with Crippen LogP contribution in [0.1, 0.15) is 18.1 Å². The van der Waals surface area contributed by atoms with Crippen LogP contribution in [-0.4, -0.2) is 4.98 Å². The zero-order valence-electron chi connectivity index (χ0n) is 12.1. The highest BCUT2D eigenvalue weighted by molar-refractivity contribution is 7.22. The largest absolute Gasteiger partial charge is 0.417 e. The van der Waals surface area contributed by atoms with E-state index in [0.29, 0.717) is 5.56 Å². The Morgan fingerprint density at radius 1 is 1.17 bits per heavy atom. The number of fused-ring (bicyclic) bond motifs is 1. The van der Waals surface area contributed by atoms with Crippen molar-refractivity contribution in [2.75, 3.05) is 0 Å². The van der Waals surface area contributed by atoms with Crippen LogP contribution in [0.4, 0.5) is 18.2 Å². The minimum atomic E-state index is -4.49. The van der Waals surface area contributed by atoms with E-state index in [2.05, 4.69) is 9.83 Å². The minimum Gasteiger partial charge on any atom is -0.238 e. The van der Waals surface area contributed by atoms with Crippen LogP contribution in [0, 0.1) is 6.57 Å². The summed E-state index contributed by atoms with van der Waals surface area (Å²) in [6.45, 7) is 9.00. The highest BCUT2D eigenvalue weighted by atomic mass is 32.1. The predicted octanol–water partition coefficient (Wildman–Crippen LogP) is 6.10. The number of hydrogen-bond acceptors (Lipinski definition) is 2. The molecule has 23 heavy (non-hydrogen) atoms. The summed E-state index contributed by atoms with van der Waals surface area (Å²) in [6, 6.07) is 9.63. The maximum Gasteiger partial charge on any atom is 0.417 e. The predicted molar refractivity (Wildman–Crippen MR) is 85.7 cm³/mol. The second kappa shape index (κ2) is 5.67. The van der Waals surface area contributed by atoms with Crippen molar-refractivity contribution >= 4 is 26.6 Å². The van der Waals surface area contributed by atoms with Gasteiger partial charge in [-0.25, -0.2) is 9.83 Å². The first-order chi connectivity index (χ1) is 10.9. The Hall–Kier alpha value is -2.39. The van der Waals surface area contributed by atoms with Crippen molar-refractivity contribution in [1.29, 1.82) is 0 Å². The van der Waals surface area contributed by atoms with Crippen LogP contribution in [0.3, 0.4) is 0 Å². The first-order valence-electron chi connectivity index (χ1n) is 6.91. The molecule has 0 aliphatic rings. The average Bonchev–Trinajstić information content (AvgIpc) is 2.96. The second-order valence-corrected chi connectivity index (χ2v) is 6.03. The van der Waals surface area contributed by atoms with Gasteiger partial charge in [0.1, 0.15) is 4.83 Å². The van der Waals surface area contributed by atoms with Crippen molar-refractivity contribution in [3.8, 4) is 11.3 Å². The molecule has 0 amide bonds. The molecule has 0 aliphatic heterocycles. The minimum absolute atomic E-state index is 0.0116. The van der Waals surface area contributed by atoms with Crippen LogP contribution in [0.5, 0.6) is 0 Å². The zero-order chi connectivity index (χ0) is 16.6. The lowest BCUT2D eigenvalue weighted by Gasteiger charge is -2.11. The van der Waals surface area contributed by atoms with Crippen molar-refractivity contribution in [3.05, 3.63) is 58.9 Å². The van der Waals surface area contributed by atoms with Gasteiger partial charge < -0.3 is 0 Å². The Morgan fingerprint density at radius 2 is 1.87 bits per heavy atom. The van der Waals surface area contributed by atoms with Crippen LogP contribution in [-0.2, 0) is 12.6 Å². The monoisotopic (exact) mass is 332 g/mol. The lowest BCUT2D eigenvalue weighted by atomic mass is 10.0. The van der Waals surface area contributed by atoms with E-state index in [-0.39, 0.29) is 20.9 Å².